The monoisotopic (exact) mass is 314 g/mol. The summed E-state index contributed by atoms with van der Waals surface area (Å²) >= 11 is 0. The minimum absolute atomic E-state index is 0.146. The van der Waals surface area contributed by atoms with Gasteiger partial charge < -0.3 is 20.5 Å². The van der Waals surface area contributed by atoms with Crippen LogP contribution in [-0.2, 0) is 14.3 Å². The molecule has 0 aromatic heterocycles. The van der Waals surface area contributed by atoms with Crippen LogP contribution in [0.25, 0.3) is 0 Å². The van der Waals surface area contributed by atoms with E-state index in [0.717, 1.165) is 32.1 Å². The summed E-state index contributed by atoms with van der Waals surface area (Å²) < 4.78 is 9.90. The lowest BCUT2D eigenvalue weighted by molar-refractivity contribution is -0.141. The van der Waals surface area contributed by atoms with Crippen molar-refractivity contribution in [2.24, 2.45) is 11.7 Å². The molecule has 1 amide bonds. The number of carbonyl (C=O) groups is 2. The van der Waals surface area contributed by atoms with Gasteiger partial charge in [0.2, 0.25) is 0 Å². The topological polar surface area (TPSA) is 90.6 Å². The molecule has 1 saturated carbocycles. The number of carbonyl (C=O) groups excluding carboxylic acids is 2. The van der Waals surface area contributed by atoms with Gasteiger partial charge in [-0.25, -0.2) is 4.79 Å². The van der Waals surface area contributed by atoms with Gasteiger partial charge in [-0.1, -0.05) is 0 Å². The average Bonchev–Trinajstić information content (AvgIpc) is 2.38. The summed E-state index contributed by atoms with van der Waals surface area (Å²) in [5.74, 6) is 0.254. The highest BCUT2D eigenvalue weighted by Crippen LogP contribution is 2.28. The van der Waals surface area contributed by atoms with Gasteiger partial charge in [0.05, 0.1) is 13.5 Å². The summed E-state index contributed by atoms with van der Waals surface area (Å²) in [6.45, 7) is 5.56. The SMILES string of the molecule is COC(=O)CC(N)CC1CCC(NC(=O)OC(C)(C)C)CC1. The number of amides is 1. The third kappa shape index (κ3) is 7.64. The number of rotatable bonds is 5. The van der Waals surface area contributed by atoms with Crippen molar-refractivity contribution >= 4 is 12.1 Å². The Hall–Kier alpha value is -1.30. The van der Waals surface area contributed by atoms with Crippen molar-refractivity contribution in [3.8, 4) is 0 Å². The number of alkyl carbamates (subject to hydrolysis) is 1. The third-order valence-corrected chi connectivity index (χ3v) is 3.86. The van der Waals surface area contributed by atoms with Crippen molar-refractivity contribution in [2.75, 3.05) is 7.11 Å². The first-order chi connectivity index (χ1) is 10.2. The van der Waals surface area contributed by atoms with Crippen LogP contribution in [0, 0.1) is 5.92 Å². The van der Waals surface area contributed by atoms with E-state index in [9.17, 15) is 9.59 Å². The molecule has 0 spiro atoms. The molecule has 1 aliphatic rings. The Morgan fingerprint density at radius 3 is 2.32 bits per heavy atom. The minimum atomic E-state index is -0.470. The lowest BCUT2D eigenvalue weighted by Crippen LogP contribution is -2.41. The molecule has 0 aliphatic heterocycles. The zero-order valence-electron chi connectivity index (χ0n) is 14.2. The number of esters is 1. The molecule has 1 aliphatic carbocycles. The van der Waals surface area contributed by atoms with E-state index in [4.69, 9.17) is 10.5 Å². The van der Waals surface area contributed by atoms with Gasteiger partial charge in [0, 0.05) is 12.1 Å². The number of ether oxygens (including phenoxy) is 2. The van der Waals surface area contributed by atoms with Gasteiger partial charge in [-0.2, -0.15) is 0 Å². The molecule has 0 aromatic carbocycles. The molecule has 1 fully saturated rings. The fourth-order valence-electron chi connectivity index (χ4n) is 2.83. The second kappa shape index (κ2) is 8.36. The second-order valence-corrected chi connectivity index (χ2v) is 7.14. The maximum Gasteiger partial charge on any atom is 0.407 e. The highest BCUT2D eigenvalue weighted by Gasteiger charge is 2.26. The van der Waals surface area contributed by atoms with Gasteiger partial charge in [-0.3, -0.25) is 4.79 Å². The highest BCUT2D eigenvalue weighted by atomic mass is 16.6. The highest BCUT2D eigenvalue weighted by molar-refractivity contribution is 5.69. The number of nitrogens with one attached hydrogen (secondary N) is 1. The Kier molecular flexibility index (Phi) is 7.13. The number of nitrogens with two attached hydrogens (primary N) is 1. The summed E-state index contributed by atoms with van der Waals surface area (Å²) in [7, 11) is 1.38. The normalized spacial score (nSPS) is 23.5. The fourth-order valence-corrected chi connectivity index (χ4v) is 2.83. The fraction of sp³-hybridized carbons (Fsp3) is 0.875. The number of hydrogen-bond donors (Lipinski definition) is 2. The van der Waals surface area contributed by atoms with Gasteiger partial charge in [-0.05, 0) is 58.8 Å². The summed E-state index contributed by atoms with van der Waals surface area (Å²) in [4.78, 5) is 22.9. The summed E-state index contributed by atoms with van der Waals surface area (Å²) in [6.07, 6.45) is 4.62. The predicted octanol–water partition coefficient (Wildman–Crippen LogP) is 2.35. The van der Waals surface area contributed by atoms with E-state index in [0.29, 0.717) is 5.92 Å². The van der Waals surface area contributed by atoms with E-state index in [-0.39, 0.29) is 30.6 Å². The lowest BCUT2D eigenvalue weighted by Gasteiger charge is -2.31. The largest absolute Gasteiger partial charge is 0.469 e. The molecule has 0 aromatic rings. The molecule has 1 atom stereocenters. The molecule has 6 nitrogen and oxygen atoms in total. The summed E-state index contributed by atoms with van der Waals surface area (Å²) in [6, 6.07) is 0.0238. The smallest absolute Gasteiger partial charge is 0.407 e. The minimum Gasteiger partial charge on any atom is -0.469 e. The van der Waals surface area contributed by atoms with Crippen LogP contribution in [0.2, 0.25) is 0 Å². The van der Waals surface area contributed by atoms with Gasteiger partial charge >= 0.3 is 12.1 Å². The van der Waals surface area contributed by atoms with Crippen LogP contribution in [0.4, 0.5) is 4.79 Å². The van der Waals surface area contributed by atoms with Gasteiger partial charge in [0.25, 0.3) is 0 Å². The predicted molar refractivity (Wildman–Crippen MR) is 84.3 cm³/mol. The third-order valence-electron chi connectivity index (χ3n) is 3.86. The summed E-state index contributed by atoms with van der Waals surface area (Å²) in [5, 5.41) is 2.92. The Morgan fingerprint density at radius 1 is 1.23 bits per heavy atom. The molecule has 1 unspecified atom stereocenters. The molecule has 1 rings (SSSR count). The van der Waals surface area contributed by atoms with E-state index in [2.05, 4.69) is 10.1 Å². The van der Waals surface area contributed by atoms with E-state index < -0.39 is 5.60 Å². The molecule has 22 heavy (non-hydrogen) atoms. The van der Waals surface area contributed by atoms with Crippen LogP contribution in [0.5, 0.6) is 0 Å². The second-order valence-electron chi connectivity index (χ2n) is 7.14. The molecule has 0 saturated heterocycles. The van der Waals surface area contributed by atoms with Crippen molar-refractivity contribution < 1.29 is 19.1 Å². The van der Waals surface area contributed by atoms with E-state index in [1.807, 2.05) is 20.8 Å². The zero-order chi connectivity index (χ0) is 16.8. The quantitative estimate of drug-likeness (QED) is 0.760. The first kappa shape index (κ1) is 18.7. The molecule has 3 N–H and O–H groups in total. The van der Waals surface area contributed by atoms with Crippen molar-refractivity contribution in [1.82, 2.24) is 5.32 Å². The number of hydrogen-bond acceptors (Lipinski definition) is 5. The lowest BCUT2D eigenvalue weighted by atomic mass is 9.82. The van der Waals surface area contributed by atoms with Crippen LogP contribution in [0.15, 0.2) is 0 Å². The maximum atomic E-state index is 11.7. The number of methoxy groups -OCH3 is 1. The van der Waals surface area contributed by atoms with Crippen molar-refractivity contribution in [1.29, 1.82) is 0 Å². The molecular weight excluding hydrogens is 284 g/mol. The molecule has 0 bridgehead atoms. The van der Waals surface area contributed by atoms with E-state index in [1.54, 1.807) is 0 Å². The Balaban J connectivity index is 2.26. The van der Waals surface area contributed by atoms with Gasteiger partial charge in [0.1, 0.15) is 5.60 Å². The van der Waals surface area contributed by atoms with Gasteiger partial charge in [-0.15, -0.1) is 0 Å². The van der Waals surface area contributed by atoms with Crippen molar-refractivity contribution in [3.63, 3.8) is 0 Å². The molecule has 6 heteroatoms. The van der Waals surface area contributed by atoms with E-state index >= 15 is 0 Å². The Morgan fingerprint density at radius 2 is 1.82 bits per heavy atom. The van der Waals surface area contributed by atoms with Crippen molar-refractivity contribution in [3.05, 3.63) is 0 Å². The van der Waals surface area contributed by atoms with E-state index in [1.165, 1.54) is 7.11 Å². The molecule has 128 valence electrons. The molecule has 0 radical (unpaired) electrons. The average molecular weight is 314 g/mol. The summed E-state index contributed by atoms with van der Waals surface area (Å²) in [5.41, 5.74) is 5.50. The maximum absolute atomic E-state index is 11.7. The van der Waals surface area contributed by atoms with Crippen molar-refractivity contribution in [2.45, 2.75) is 77.0 Å². The molecule has 0 heterocycles. The standard InChI is InChI=1S/C16H30N2O4/c1-16(2,3)22-15(20)18-13-7-5-11(6-8-13)9-12(17)10-14(19)21-4/h11-13H,5-10,17H2,1-4H3,(H,18,20). The van der Waals surface area contributed by atoms with Crippen LogP contribution < -0.4 is 11.1 Å². The first-order valence-electron chi connectivity index (χ1n) is 8.01. The Bertz CT molecular complexity index is 371. The Labute approximate surface area is 133 Å². The molecular formula is C16H30N2O4. The van der Waals surface area contributed by atoms with Crippen LogP contribution in [0.3, 0.4) is 0 Å². The van der Waals surface area contributed by atoms with Gasteiger partial charge in [0.15, 0.2) is 0 Å². The van der Waals surface area contributed by atoms with Crippen LogP contribution in [-0.4, -0.2) is 36.9 Å². The van der Waals surface area contributed by atoms with Crippen LogP contribution in [0.1, 0.15) is 59.3 Å². The van der Waals surface area contributed by atoms with Crippen LogP contribution >= 0.6 is 0 Å². The zero-order valence-corrected chi connectivity index (χ0v) is 14.2. The first-order valence-corrected chi connectivity index (χ1v) is 8.01.